The standard InChI is InChI=1S/C16H29N3/c1-3-4-5-6-7-8-9-10-11-19-13-15(12-17)16(18)14(19)2/h14H,3-11,13,18H2,1-2H3. The number of hydrogen-bond acceptors (Lipinski definition) is 3. The first-order valence-corrected chi connectivity index (χ1v) is 7.83. The van der Waals surface area contributed by atoms with Crippen molar-refractivity contribution in [2.45, 2.75) is 71.3 Å². The largest absolute Gasteiger partial charge is 0.400 e. The molecule has 0 aliphatic carbocycles. The van der Waals surface area contributed by atoms with Crippen LogP contribution in [-0.2, 0) is 0 Å². The molecule has 1 atom stereocenters. The lowest BCUT2D eigenvalue weighted by atomic mass is 10.1. The van der Waals surface area contributed by atoms with Crippen molar-refractivity contribution >= 4 is 0 Å². The fourth-order valence-corrected chi connectivity index (χ4v) is 2.70. The number of unbranched alkanes of at least 4 members (excludes halogenated alkanes) is 7. The predicted octanol–water partition coefficient (Wildman–Crippen LogP) is 3.57. The molecule has 0 amide bonds. The molecule has 19 heavy (non-hydrogen) atoms. The lowest BCUT2D eigenvalue weighted by molar-refractivity contribution is 0.270. The van der Waals surface area contributed by atoms with E-state index in [9.17, 15) is 0 Å². The van der Waals surface area contributed by atoms with Crippen molar-refractivity contribution in [1.29, 1.82) is 5.26 Å². The van der Waals surface area contributed by atoms with Gasteiger partial charge in [0.05, 0.1) is 11.6 Å². The molecule has 0 fully saturated rings. The number of nitriles is 1. The molecule has 3 heteroatoms. The highest BCUT2D eigenvalue weighted by molar-refractivity contribution is 5.34. The second-order valence-electron chi connectivity index (χ2n) is 5.67. The molecular weight excluding hydrogens is 234 g/mol. The minimum atomic E-state index is 0.249. The van der Waals surface area contributed by atoms with Crippen LogP contribution < -0.4 is 5.73 Å². The Bertz CT molecular complexity index is 327. The summed E-state index contributed by atoms with van der Waals surface area (Å²) in [4.78, 5) is 2.32. The van der Waals surface area contributed by atoms with E-state index in [2.05, 4.69) is 24.8 Å². The quantitative estimate of drug-likeness (QED) is 0.647. The molecule has 108 valence electrons. The summed E-state index contributed by atoms with van der Waals surface area (Å²) >= 11 is 0. The molecule has 1 aliphatic rings. The average Bonchev–Trinajstić information content (AvgIpc) is 2.69. The van der Waals surface area contributed by atoms with Gasteiger partial charge in [0.2, 0.25) is 0 Å². The maximum absolute atomic E-state index is 8.97. The normalized spacial score (nSPS) is 19.9. The number of nitrogens with two attached hydrogens (primary N) is 1. The van der Waals surface area contributed by atoms with E-state index in [0.29, 0.717) is 0 Å². The van der Waals surface area contributed by atoms with Crippen LogP contribution in [0.1, 0.15) is 65.2 Å². The zero-order valence-electron chi connectivity index (χ0n) is 12.6. The fourth-order valence-electron chi connectivity index (χ4n) is 2.70. The molecule has 3 nitrogen and oxygen atoms in total. The summed E-state index contributed by atoms with van der Waals surface area (Å²) in [6, 6.07) is 2.47. The molecule has 0 saturated heterocycles. The van der Waals surface area contributed by atoms with Crippen molar-refractivity contribution in [2.24, 2.45) is 5.73 Å². The predicted molar refractivity (Wildman–Crippen MR) is 80.5 cm³/mol. The van der Waals surface area contributed by atoms with Gasteiger partial charge in [-0.15, -0.1) is 0 Å². The van der Waals surface area contributed by atoms with Gasteiger partial charge in [-0.05, 0) is 19.9 Å². The van der Waals surface area contributed by atoms with Crippen LogP contribution in [-0.4, -0.2) is 24.0 Å². The Morgan fingerprint density at radius 1 is 1.16 bits per heavy atom. The van der Waals surface area contributed by atoms with Crippen LogP contribution in [0.2, 0.25) is 0 Å². The van der Waals surface area contributed by atoms with Crippen molar-refractivity contribution in [3.63, 3.8) is 0 Å². The van der Waals surface area contributed by atoms with E-state index in [4.69, 9.17) is 11.0 Å². The maximum atomic E-state index is 8.97. The SMILES string of the molecule is CCCCCCCCCCN1CC(C#N)=C(N)C1C. The van der Waals surface area contributed by atoms with Crippen LogP contribution in [0.25, 0.3) is 0 Å². The summed E-state index contributed by atoms with van der Waals surface area (Å²) < 4.78 is 0. The van der Waals surface area contributed by atoms with Crippen molar-refractivity contribution < 1.29 is 0 Å². The monoisotopic (exact) mass is 263 g/mol. The minimum absolute atomic E-state index is 0.249. The number of nitrogens with zero attached hydrogens (tertiary/aromatic N) is 2. The molecule has 1 aliphatic heterocycles. The van der Waals surface area contributed by atoms with Crippen LogP contribution in [0.5, 0.6) is 0 Å². The Hall–Kier alpha value is -1.01. The Morgan fingerprint density at radius 3 is 2.26 bits per heavy atom. The van der Waals surface area contributed by atoms with Gasteiger partial charge in [-0.3, -0.25) is 4.90 Å². The smallest absolute Gasteiger partial charge is 0.0979 e. The van der Waals surface area contributed by atoms with Gasteiger partial charge >= 0.3 is 0 Å². The molecule has 0 radical (unpaired) electrons. The van der Waals surface area contributed by atoms with E-state index >= 15 is 0 Å². The maximum Gasteiger partial charge on any atom is 0.0979 e. The van der Waals surface area contributed by atoms with E-state index in [1.807, 2.05) is 0 Å². The molecule has 2 N–H and O–H groups in total. The minimum Gasteiger partial charge on any atom is -0.400 e. The summed E-state index contributed by atoms with van der Waals surface area (Å²) in [6.07, 6.45) is 10.7. The molecule has 0 aromatic rings. The Kier molecular flexibility index (Phi) is 7.59. The highest BCUT2D eigenvalue weighted by Gasteiger charge is 2.26. The zero-order chi connectivity index (χ0) is 14.1. The molecular formula is C16H29N3. The highest BCUT2D eigenvalue weighted by Crippen LogP contribution is 2.21. The Labute approximate surface area is 118 Å². The third kappa shape index (κ3) is 5.24. The first-order chi connectivity index (χ1) is 9.20. The lowest BCUT2D eigenvalue weighted by Gasteiger charge is -2.21. The zero-order valence-corrected chi connectivity index (χ0v) is 12.6. The highest BCUT2D eigenvalue weighted by atomic mass is 15.2. The molecule has 1 unspecified atom stereocenters. The van der Waals surface area contributed by atoms with Gasteiger partial charge in [0.25, 0.3) is 0 Å². The van der Waals surface area contributed by atoms with Gasteiger partial charge in [0.1, 0.15) is 0 Å². The topological polar surface area (TPSA) is 53.0 Å². The van der Waals surface area contributed by atoms with E-state index in [0.717, 1.165) is 24.4 Å². The summed E-state index contributed by atoms with van der Waals surface area (Å²) in [6.45, 7) is 6.18. The van der Waals surface area contributed by atoms with Crippen LogP contribution in [0.15, 0.2) is 11.3 Å². The van der Waals surface area contributed by atoms with Gasteiger partial charge < -0.3 is 5.73 Å². The molecule has 0 aromatic carbocycles. The summed E-state index contributed by atoms with van der Waals surface area (Å²) in [7, 11) is 0. The van der Waals surface area contributed by atoms with Gasteiger partial charge in [0, 0.05) is 18.3 Å². The van der Waals surface area contributed by atoms with Gasteiger partial charge in [0.15, 0.2) is 0 Å². The van der Waals surface area contributed by atoms with E-state index in [-0.39, 0.29) is 6.04 Å². The van der Waals surface area contributed by atoms with Crippen LogP contribution in [0.4, 0.5) is 0 Å². The van der Waals surface area contributed by atoms with E-state index < -0.39 is 0 Å². The average molecular weight is 263 g/mol. The molecule has 1 heterocycles. The van der Waals surface area contributed by atoms with E-state index in [1.165, 1.54) is 51.4 Å². The van der Waals surface area contributed by atoms with Crippen molar-refractivity contribution in [3.8, 4) is 6.07 Å². The first kappa shape index (κ1) is 16.0. The third-order valence-electron chi connectivity index (χ3n) is 4.14. The fraction of sp³-hybridized carbons (Fsp3) is 0.812. The summed E-state index contributed by atoms with van der Waals surface area (Å²) in [5, 5.41) is 8.97. The van der Waals surface area contributed by atoms with Crippen molar-refractivity contribution in [3.05, 3.63) is 11.3 Å². The van der Waals surface area contributed by atoms with Crippen LogP contribution >= 0.6 is 0 Å². The number of hydrogen-bond donors (Lipinski definition) is 1. The third-order valence-corrected chi connectivity index (χ3v) is 4.14. The second-order valence-corrected chi connectivity index (χ2v) is 5.67. The molecule has 1 rings (SSSR count). The van der Waals surface area contributed by atoms with Crippen LogP contribution in [0.3, 0.4) is 0 Å². The number of rotatable bonds is 9. The van der Waals surface area contributed by atoms with Gasteiger partial charge in [-0.2, -0.15) is 5.26 Å². The second kappa shape index (κ2) is 8.98. The summed E-state index contributed by atoms with van der Waals surface area (Å²) in [5.74, 6) is 0. The van der Waals surface area contributed by atoms with E-state index in [1.54, 1.807) is 0 Å². The molecule has 0 aromatic heterocycles. The molecule has 0 bridgehead atoms. The first-order valence-electron chi connectivity index (χ1n) is 7.83. The van der Waals surface area contributed by atoms with Gasteiger partial charge in [-0.1, -0.05) is 51.9 Å². The lowest BCUT2D eigenvalue weighted by Crippen LogP contribution is -2.32. The Morgan fingerprint density at radius 2 is 1.74 bits per heavy atom. The summed E-state index contributed by atoms with van der Waals surface area (Å²) in [5.41, 5.74) is 7.49. The van der Waals surface area contributed by atoms with Crippen molar-refractivity contribution in [2.75, 3.05) is 13.1 Å². The molecule has 0 saturated carbocycles. The van der Waals surface area contributed by atoms with Crippen LogP contribution in [0, 0.1) is 11.3 Å². The van der Waals surface area contributed by atoms with Gasteiger partial charge in [-0.25, -0.2) is 0 Å². The Balaban J connectivity index is 2.04. The molecule has 0 spiro atoms. The van der Waals surface area contributed by atoms with Crippen molar-refractivity contribution in [1.82, 2.24) is 4.90 Å².